The van der Waals surface area contributed by atoms with Gasteiger partial charge >= 0.3 is 18.2 Å². The van der Waals surface area contributed by atoms with Crippen LogP contribution in [-0.2, 0) is 17.8 Å². The van der Waals surface area contributed by atoms with Crippen LogP contribution in [0.3, 0.4) is 0 Å². The van der Waals surface area contributed by atoms with Crippen LogP contribution in [0.5, 0.6) is 11.8 Å². The summed E-state index contributed by atoms with van der Waals surface area (Å²) in [6, 6.07) is 12.3. The van der Waals surface area contributed by atoms with Gasteiger partial charge < -0.3 is 24.9 Å². The van der Waals surface area contributed by atoms with Gasteiger partial charge in [-0.15, -0.1) is 13.2 Å². The maximum Gasteiger partial charge on any atom is 0.573 e. The molecular formula is C21H17F3N4O5. The van der Waals surface area contributed by atoms with Gasteiger partial charge in [-0.05, 0) is 33.7 Å². The van der Waals surface area contributed by atoms with Gasteiger partial charge in [0, 0.05) is 4.98 Å². The van der Waals surface area contributed by atoms with Gasteiger partial charge in [-0.2, -0.15) is 0 Å². The van der Waals surface area contributed by atoms with Crippen molar-refractivity contribution in [2.75, 3.05) is 6.61 Å². The molecule has 0 saturated carbocycles. The normalized spacial score (nSPS) is 15.3. The van der Waals surface area contributed by atoms with Crippen molar-refractivity contribution < 1.29 is 32.4 Å². The van der Waals surface area contributed by atoms with E-state index < -0.39 is 11.3 Å². The lowest BCUT2D eigenvalue weighted by Gasteiger charge is -2.23. The van der Waals surface area contributed by atoms with Crippen molar-refractivity contribution in [1.82, 2.24) is 14.9 Å². The Hall–Kier alpha value is -4.09. The molecule has 2 aromatic carbocycles. The third-order valence-corrected chi connectivity index (χ3v) is 4.85. The minimum Gasteiger partial charge on any atom is -0.444 e. The summed E-state index contributed by atoms with van der Waals surface area (Å²) in [6.45, 7) is 0.446. The number of carbonyl (C=O) groups is 1. The second kappa shape index (κ2) is 8.81. The third kappa shape index (κ3) is 5.59. The van der Waals surface area contributed by atoms with E-state index in [0.717, 1.165) is 11.1 Å². The number of imidazole rings is 1. The van der Waals surface area contributed by atoms with E-state index in [4.69, 9.17) is 4.74 Å². The van der Waals surface area contributed by atoms with Crippen LogP contribution in [0.1, 0.15) is 5.56 Å². The Morgan fingerprint density at radius 1 is 1.18 bits per heavy atom. The summed E-state index contributed by atoms with van der Waals surface area (Å²) in [7, 11) is 0. The fourth-order valence-electron chi connectivity index (χ4n) is 3.40. The van der Waals surface area contributed by atoms with E-state index in [1.165, 1.54) is 35.0 Å². The summed E-state index contributed by atoms with van der Waals surface area (Å²) in [6.07, 6.45) is -3.38. The molecule has 0 bridgehead atoms. The standard InChI is InChI=1S/C21H17F3N4O5/c22-21(23,24)33-17-7-5-15(6-8-17)14-3-1-13(2-4-14)9-19(29)25-16-10-27-11-18(28(30)31)26-20(27)32-12-16/h1-8,11,16H,9-10,12H2,(H,25,29)/t16-/m0/s1. The quantitative estimate of drug-likeness (QED) is 0.444. The molecule has 0 spiro atoms. The zero-order valence-corrected chi connectivity index (χ0v) is 16.9. The van der Waals surface area contributed by atoms with E-state index in [-0.39, 0.29) is 42.6 Å². The van der Waals surface area contributed by atoms with E-state index in [1.54, 1.807) is 24.3 Å². The van der Waals surface area contributed by atoms with Crippen molar-refractivity contribution >= 4 is 11.7 Å². The number of carbonyl (C=O) groups excluding carboxylic acids is 1. The Bertz CT molecular complexity index is 1160. The Balaban J connectivity index is 1.32. The number of hydrogen-bond donors (Lipinski definition) is 1. The van der Waals surface area contributed by atoms with Crippen molar-refractivity contribution in [1.29, 1.82) is 0 Å². The largest absolute Gasteiger partial charge is 0.573 e. The number of aromatic nitrogens is 2. The van der Waals surface area contributed by atoms with Crippen LogP contribution in [-0.4, -0.2) is 39.4 Å². The second-order valence-corrected chi connectivity index (χ2v) is 7.31. The number of nitro groups is 1. The first-order valence-corrected chi connectivity index (χ1v) is 9.75. The molecule has 0 aliphatic carbocycles. The van der Waals surface area contributed by atoms with Crippen LogP contribution < -0.4 is 14.8 Å². The molecule has 12 heteroatoms. The molecule has 2 heterocycles. The highest BCUT2D eigenvalue weighted by Gasteiger charge is 2.31. The molecule has 9 nitrogen and oxygen atoms in total. The molecule has 33 heavy (non-hydrogen) atoms. The van der Waals surface area contributed by atoms with Gasteiger partial charge in [0.1, 0.15) is 18.6 Å². The number of fused-ring (bicyclic) bond motifs is 1. The molecular weight excluding hydrogens is 445 g/mol. The molecule has 0 radical (unpaired) electrons. The van der Waals surface area contributed by atoms with Gasteiger partial charge in [0.25, 0.3) is 0 Å². The van der Waals surface area contributed by atoms with E-state index in [1.807, 2.05) is 0 Å². The van der Waals surface area contributed by atoms with Gasteiger partial charge in [-0.1, -0.05) is 36.4 Å². The van der Waals surface area contributed by atoms with Gasteiger partial charge in [0.05, 0.1) is 19.0 Å². The molecule has 1 atom stereocenters. The summed E-state index contributed by atoms with van der Waals surface area (Å²) in [4.78, 5) is 26.4. The van der Waals surface area contributed by atoms with Crippen LogP contribution in [0.4, 0.5) is 19.0 Å². The smallest absolute Gasteiger partial charge is 0.444 e. The molecule has 0 saturated heterocycles. The lowest BCUT2D eigenvalue weighted by Crippen LogP contribution is -2.45. The molecule has 1 aliphatic rings. The lowest BCUT2D eigenvalue weighted by molar-refractivity contribution is -0.389. The number of benzene rings is 2. The van der Waals surface area contributed by atoms with Gasteiger partial charge in [-0.3, -0.25) is 9.36 Å². The van der Waals surface area contributed by atoms with Crippen LogP contribution in [0.15, 0.2) is 54.7 Å². The number of nitrogens with zero attached hydrogens (tertiary/aromatic N) is 3. The maximum absolute atomic E-state index is 12.4. The zero-order valence-electron chi connectivity index (χ0n) is 16.9. The van der Waals surface area contributed by atoms with Crippen molar-refractivity contribution in [2.24, 2.45) is 0 Å². The highest BCUT2D eigenvalue weighted by Crippen LogP contribution is 2.27. The summed E-state index contributed by atoms with van der Waals surface area (Å²) in [5, 5.41) is 13.6. The summed E-state index contributed by atoms with van der Waals surface area (Å²) in [5.74, 6) is -0.869. The summed E-state index contributed by atoms with van der Waals surface area (Å²) in [5.41, 5.74) is 2.21. The molecule has 0 unspecified atom stereocenters. The monoisotopic (exact) mass is 462 g/mol. The number of amides is 1. The number of alkyl halides is 3. The molecule has 1 aliphatic heterocycles. The minimum absolute atomic E-state index is 0.103. The fraction of sp³-hybridized carbons (Fsp3) is 0.238. The first-order chi connectivity index (χ1) is 15.7. The first kappa shape index (κ1) is 22.1. The third-order valence-electron chi connectivity index (χ3n) is 4.85. The lowest BCUT2D eigenvalue weighted by atomic mass is 10.0. The van der Waals surface area contributed by atoms with Crippen molar-refractivity contribution in [3.8, 4) is 22.9 Å². The molecule has 4 rings (SSSR count). The Morgan fingerprint density at radius 2 is 1.82 bits per heavy atom. The SMILES string of the molecule is O=C(Cc1ccc(-c2ccc(OC(F)(F)F)cc2)cc1)N[C@@H]1COc2nc([N+](=O)[O-])cn2C1. The van der Waals surface area contributed by atoms with Crippen molar-refractivity contribution in [3.05, 3.63) is 70.4 Å². The van der Waals surface area contributed by atoms with Crippen LogP contribution in [0, 0.1) is 10.1 Å². The molecule has 1 N–H and O–H groups in total. The highest BCUT2D eigenvalue weighted by molar-refractivity contribution is 5.79. The number of halogens is 3. The Morgan fingerprint density at radius 3 is 2.42 bits per heavy atom. The van der Waals surface area contributed by atoms with E-state index in [2.05, 4.69) is 15.0 Å². The molecule has 172 valence electrons. The number of hydrogen-bond acceptors (Lipinski definition) is 6. The van der Waals surface area contributed by atoms with Crippen LogP contribution in [0.25, 0.3) is 11.1 Å². The maximum atomic E-state index is 12.4. The van der Waals surface area contributed by atoms with Crippen molar-refractivity contribution in [2.45, 2.75) is 25.4 Å². The van der Waals surface area contributed by atoms with Gasteiger partial charge in [-0.25, -0.2) is 0 Å². The van der Waals surface area contributed by atoms with E-state index >= 15 is 0 Å². The summed E-state index contributed by atoms with van der Waals surface area (Å²) < 4.78 is 47.5. The Labute approximate surface area is 184 Å². The van der Waals surface area contributed by atoms with Crippen LogP contribution >= 0.6 is 0 Å². The van der Waals surface area contributed by atoms with Crippen molar-refractivity contribution in [3.63, 3.8) is 0 Å². The number of nitrogens with one attached hydrogen (secondary N) is 1. The zero-order chi connectivity index (χ0) is 23.6. The predicted octanol–water partition coefficient (Wildman–Crippen LogP) is 3.48. The van der Waals surface area contributed by atoms with E-state index in [0.29, 0.717) is 12.1 Å². The fourth-order valence-corrected chi connectivity index (χ4v) is 3.40. The topological polar surface area (TPSA) is 109 Å². The predicted molar refractivity (Wildman–Crippen MR) is 109 cm³/mol. The number of rotatable bonds is 6. The van der Waals surface area contributed by atoms with E-state index in [9.17, 15) is 28.1 Å². The first-order valence-electron chi connectivity index (χ1n) is 9.75. The number of ether oxygens (including phenoxy) is 2. The highest BCUT2D eigenvalue weighted by atomic mass is 19.4. The van der Waals surface area contributed by atoms with Crippen LogP contribution in [0.2, 0.25) is 0 Å². The second-order valence-electron chi connectivity index (χ2n) is 7.31. The molecule has 1 amide bonds. The Kier molecular flexibility index (Phi) is 5.90. The van der Waals surface area contributed by atoms with Gasteiger partial charge in [0.2, 0.25) is 5.91 Å². The summed E-state index contributed by atoms with van der Waals surface area (Å²) >= 11 is 0. The average Bonchev–Trinajstić information content (AvgIpc) is 3.18. The average molecular weight is 462 g/mol. The minimum atomic E-state index is -4.74. The molecule has 1 aromatic heterocycles. The van der Waals surface area contributed by atoms with Gasteiger partial charge in [0.15, 0.2) is 0 Å². The molecule has 0 fully saturated rings. The molecule has 3 aromatic rings.